The summed E-state index contributed by atoms with van der Waals surface area (Å²) in [5.74, 6) is 0.808. The topological polar surface area (TPSA) is 54.1 Å². The molecule has 1 amide bonds. The molecule has 24 heavy (non-hydrogen) atoms. The molecule has 0 saturated heterocycles. The molecule has 2 aromatic carbocycles. The summed E-state index contributed by atoms with van der Waals surface area (Å²) in [6.07, 6.45) is 1.18. The minimum atomic E-state index is 0.0171. The van der Waals surface area contributed by atoms with Crippen LogP contribution in [0.15, 0.2) is 54.6 Å². The number of carbonyl (C=O) groups is 1. The van der Waals surface area contributed by atoms with Crippen molar-refractivity contribution >= 4 is 16.8 Å². The number of aromatic nitrogens is 1. The molecule has 0 atom stereocenters. The standard InChI is InChI=1S/C20H22N2O2/c1-15-17(18-9-5-6-10-19(18)22-15)11-13-21-20(23)12-14-24-16-7-3-2-4-8-16/h2-10,22H,11-14H2,1H3,(H,21,23). The molecular weight excluding hydrogens is 300 g/mol. The van der Waals surface area contributed by atoms with Crippen molar-refractivity contribution < 1.29 is 9.53 Å². The van der Waals surface area contributed by atoms with E-state index in [1.54, 1.807) is 0 Å². The Labute approximate surface area is 141 Å². The fraction of sp³-hybridized carbons (Fsp3) is 0.250. The van der Waals surface area contributed by atoms with Crippen molar-refractivity contribution in [2.75, 3.05) is 13.2 Å². The number of nitrogens with one attached hydrogen (secondary N) is 2. The molecule has 4 nitrogen and oxygen atoms in total. The SMILES string of the molecule is Cc1[nH]c2ccccc2c1CCNC(=O)CCOc1ccccc1. The van der Waals surface area contributed by atoms with Gasteiger partial charge in [0.15, 0.2) is 0 Å². The van der Waals surface area contributed by atoms with Crippen molar-refractivity contribution in [1.29, 1.82) is 0 Å². The number of para-hydroxylation sites is 2. The van der Waals surface area contributed by atoms with Gasteiger partial charge in [-0.05, 0) is 37.1 Å². The Balaban J connectivity index is 1.44. The molecule has 2 N–H and O–H groups in total. The van der Waals surface area contributed by atoms with Crippen LogP contribution < -0.4 is 10.1 Å². The Kier molecular flexibility index (Phi) is 5.16. The third kappa shape index (κ3) is 3.96. The Morgan fingerprint density at radius 1 is 1.08 bits per heavy atom. The van der Waals surface area contributed by atoms with Crippen molar-refractivity contribution in [1.82, 2.24) is 10.3 Å². The second-order valence-electron chi connectivity index (χ2n) is 5.79. The van der Waals surface area contributed by atoms with Gasteiger partial charge in [0.2, 0.25) is 5.91 Å². The number of carbonyl (C=O) groups excluding carboxylic acids is 1. The smallest absolute Gasteiger partial charge is 0.223 e. The summed E-state index contributed by atoms with van der Waals surface area (Å²) in [5.41, 5.74) is 3.58. The van der Waals surface area contributed by atoms with E-state index in [-0.39, 0.29) is 5.91 Å². The predicted molar refractivity (Wildman–Crippen MR) is 96.3 cm³/mol. The first-order valence-corrected chi connectivity index (χ1v) is 8.25. The summed E-state index contributed by atoms with van der Waals surface area (Å²) in [6, 6.07) is 17.8. The molecule has 0 saturated carbocycles. The van der Waals surface area contributed by atoms with Crippen LogP contribution in [0, 0.1) is 6.92 Å². The average molecular weight is 322 g/mol. The van der Waals surface area contributed by atoms with E-state index in [0.717, 1.165) is 23.4 Å². The first-order chi connectivity index (χ1) is 11.7. The minimum Gasteiger partial charge on any atom is -0.493 e. The lowest BCUT2D eigenvalue weighted by molar-refractivity contribution is -0.121. The number of fused-ring (bicyclic) bond motifs is 1. The van der Waals surface area contributed by atoms with Crippen LogP contribution in [-0.2, 0) is 11.2 Å². The molecule has 3 aromatic rings. The number of aryl methyl sites for hydroxylation is 1. The number of H-pyrrole nitrogens is 1. The van der Waals surface area contributed by atoms with E-state index < -0.39 is 0 Å². The third-order valence-electron chi connectivity index (χ3n) is 4.07. The average Bonchev–Trinajstić information content (AvgIpc) is 2.92. The van der Waals surface area contributed by atoms with E-state index in [1.165, 1.54) is 10.9 Å². The highest BCUT2D eigenvalue weighted by Gasteiger charge is 2.08. The Bertz CT molecular complexity index is 809. The highest BCUT2D eigenvalue weighted by Crippen LogP contribution is 2.21. The lowest BCUT2D eigenvalue weighted by atomic mass is 10.1. The third-order valence-corrected chi connectivity index (χ3v) is 4.07. The first kappa shape index (κ1) is 16.1. The van der Waals surface area contributed by atoms with Gasteiger partial charge in [-0.3, -0.25) is 4.79 Å². The molecular formula is C20H22N2O2. The maximum atomic E-state index is 11.9. The number of ether oxygens (including phenoxy) is 1. The van der Waals surface area contributed by atoms with Crippen molar-refractivity contribution in [3.05, 3.63) is 65.9 Å². The van der Waals surface area contributed by atoms with Crippen LogP contribution in [0.3, 0.4) is 0 Å². The van der Waals surface area contributed by atoms with Crippen LogP contribution in [0.4, 0.5) is 0 Å². The number of rotatable bonds is 7. The molecule has 0 radical (unpaired) electrons. The van der Waals surface area contributed by atoms with Crippen molar-refractivity contribution in [3.63, 3.8) is 0 Å². The summed E-state index contributed by atoms with van der Waals surface area (Å²) in [5, 5.41) is 4.20. The zero-order chi connectivity index (χ0) is 16.8. The number of benzene rings is 2. The molecule has 0 aliphatic rings. The summed E-state index contributed by atoms with van der Waals surface area (Å²) in [4.78, 5) is 15.3. The van der Waals surface area contributed by atoms with Crippen LogP contribution in [0.25, 0.3) is 10.9 Å². The van der Waals surface area contributed by atoms with E-state index in [0.29, 0.717) is 19.6 Å². The monoisotopic (exact) mass is 322 g/mol. The maximum absolute atomic E-state index is 11.9. The van der Waals surface area contributed by atoms with Gasteiger partial charge in [0.05, 0.1) is 13.0 Å². The molecule has 4 heteroatoms. The maximum Gasteiger partial charge on any atom is 0.223 e. The van der Waals surface area contributed by atoms with Gasteiger partial charge in [0.1, 0.15) is 5.75 Å². The quantitative estimate of drug-likeness (QED) is 0.698. The second-order valence-corrected chi connectivity index (χ2v) is 5.79. The van der Waals surface area contributed by atoms with Gasteiger partial charge in [0, 0.05) is 23.1 Å². The number of hydrogen-bond acceptors (Lipinski definition) is 2. The Morgan fingerprint density at radius 2 is 1.83 bits per heavy atom. The summed E-state index contributed by atoms with van der Waals surface area (Å²) < 4.78 is 5.54. The van der Waals surface area contributed by atoms with Crippen LogP contribution in [0.2, 0.25) is 0 Å². The molecule has 1 aromatic heterocycles. The zero-order valence-electron chi connectivity index (χ0n) is 13.8. The Hall–Kier alpha value is -2.75. The molecule has 0 fully saturated rings. The number of amides is 1. The normalized spacial score (nSPS) is 10.7. The van der Waals surface area contributed by atoms with Crippen molar-refractivity contribution in [2.45, 2.75) is 19.8 Å². The first-order valence-electron chi connectivity index (χ1n) is 8.25. The van der Waals surface area contributed by atoms with Gasteiger partial charge >= 0.3 is 0 Å². The zero-order valence-corrected chi connectivity index (χ0v) is 13.8. The predicted octanol–water partition coefficient (Wildman–Crippen LogP) is 3.60. The van der Waals surface area contributed by atoms with Crippen molar-refractivity contribution in [2.24, 2.45) is 0 Å². The summed E-state index contributed by atoms with van der Waals surface area (Å²) in [7, 11) is 0. The van der Waals surface area contributed by atoms with Crippen LogP contribution >= 0.6 is 0 Å². The molecule has 0 aliphatic heterocycles. The van der Waals surface area contributed by atoms with Crippen LogP contribution in [0.5, 0.6) is 5.75 Å². The fourth-order valence-corrected chi connectivity index (χ4v) is 2.85. The number of aromatic amines is 1. The molecule has 0 bridgehead atoms. The summed E-state index contributed by atoms with van der Waals surface area (Å²) >= 11 is 0. The highest BCUT2D eigenvalue weighted by atomic mass is 16.5. The highest BCUT2D eigenvalue weighted by molar-refractivity contribution is 5.84. The largest absolute Gasteiger partial charge is 0.493 e. The number of hydrogen-bond donors (Lipinski definition) is 2. The molecule has 0 aliphatic carbocycles. The van der Waals surface area contributed by atoms with Gasteiger partial charge in [0.25, 0.3) is 0 Å². The van der Waals surface area contributed by atoms with E-state index in [4.69, 9.17) is 4.74 Å². The van der Waals surface area contributed by atoms with Crippen molar-refractivity contribution in [3.8, 4) is 5.75 Å². The van der Waals surface area contributed by atoms with Gasteiger partial charge < -0.3 is 15.0 Å². The molecule has 0 unspecified atom stereocenters. The van der Waals surface area contributed by atoms with Gasteiger partial charge in [-0.15, -0.1) is 0 Å². The van der Waals surface area contributed by atoms with E-state index in [1.807, 2.05) is 42.5 Å². The van der Waals surface area contributed by atoms with Crippen LogP contribution in [-0.4, -0.2) is 24.0 Å². The van der Waals surface area contributed by atoms with Crippen LogP contribution in [0.1, 0.15) is 17.7 Å². The molecule has 124 valence electrons. The van der Waals surface area contributed by atoms with E-state index >= 15 is 0 Å². The van der Waals surface area contributed by atoms with Gasteiger partial charge in [-0.1, -0.05) is 36.4 Å². The Morgan fingerprint density at radius 3 is 2.67 bits per heavy atom. The fourth-order valence-electron chi connectivity index (χ4n) is 2.85. The second kappa shape index (κ2) is 7.68. The molecule has 0 spiro atoms. The van der Waals surface area contributed by atoms with E-state index in [9.17, 15) is 4.79 Å². The lowest BCUT2D eigenvalue weighted by Gasteiger charge is -2.07. The molecule has 3 rings (SSSR count). The molecule has 1 heterocycles. The van der Waals surface area contributed by atoms with E-state index in [2.05, 4.69) is 29.4 Å². The summed E-state index contributed by atoms with van der Waals surface area (Å²) in [6.45, 7) is 3.10. The van der Waals surface area contributed by atoms with Gasteiger partial charge in [-0.2, -0.15) is 0 Å². The lowest BCUT2D eigenvalue weighted by Crippen LogP contribution is -2.27. The van der Waals surface area contributed by atoms with Gasteiger partial charge in [-0.25, -0.2) is 0 Å². The minimum absolute atomic E-state index is 0.0171.